The zero-order valence-electron chi connectivity index (χ0n) is 15.5. The lowest BCUT2D eigenvalue weighted by molar-refractivity contribution is -0.120. The predicted molar refractivity (Wildman–Crippen MR) is 113 cm³/mol. The summed E-state index contributed by atoms with van der Waals surface area (Å²) in [5.74, 6) is 0.341. The number of aryl methyl sites for hydroxylation is 1. The molecule has 0 saturated carbocycles. The number of amides is 1. The van der Waals surface area contributed by atoms with Crippen LogP contribution in [-0.4, -0.2) is 45.9 Å². The van der Waals surface area contributed by atoms with Crippen molar-refractivity contribution >= 4 is 49.1 Å². The molecule has 0 spiro atoms. The van der Waals surface area contributed by atoms with Gasteiger partial charge in [0.25, 0.3) is 5.91 Å². The van der Waals surface area contributed by atoms with Gasteiger partial charge >= 0.3 is 0 Å². The quantitative estimate of drug-likeness (QED) is 0.645. The fraction of sp³-hybridized carbons (Fsp3) is 0.316. The Hall–Kier alpha value is -1.61. The number of nitrogens with zero attached hydrogens (tertiary/aromatic N) is 2. The van der Waals surface area contributed by atoms with Gasteiger partial charge in [-0.05, 0) is 70.7 Å². The van der Waals surface area contributed by atoms with Crippen LogP contribution in [0.15, 0.2) is 45.8 Å². The standard InChI is InChI=1S/C19H20BrClN2O4S/c1-22(2)28(25,26)15-6-7-17-13(10-15)4-3-9-23(17)19(24)12-27-18-8-5-14(21)11-16(18)20/h5-8,10-11H,3-4,9,12H2,1-2H3. The van der Waals surface area contributed by atoms with Gasteiger partial charge < -0.3 is 9.64 Å². The fourth-order valence-electron chi connectivity index (χ4n) is 3.01. The molecule has 1 aliphatic rings. The van der Waals surface area contributed by atoms with Crippen LogP contribution in [0.5, 0.6) is 5.75 Å². The number of hydrogen-bond donors (Lipinski definition) is 0. The number of fused-ring (bicyclic) bond motifs is 1. The first-order valence-corrected chi connectivity index (χ1v) is 11.2. The highest BCUT2D eigenvalue weighted by Crippen LogP contribution is 2.31. The molecule has 0 atom stereocenters. The molecular weight excluding hydrogens is 468 g/mol. The van der Waals surface area contributed by atoms with Crippen molar-refractivity contribution in [2.24, 2.45) is 0 Å². The predicted octanol–water partition coefficient (Wildman–Crippen LogP) is 3.71. The molecule has 9 heteroatoms. The van der Waals surface area contributed by atoms with Crippen molar-refractivity contribution in [2.75, 3.05) is 32.1 Å². The topological polar surface area (TPSA) is 66.9 Å². The molecule has 28 heavy (non-hydrogen) atoms. The normalized spacial score (nSPS) is 14.1. The molecule has 0 aromatic heterocycles. The van der Waals surface area contributed by atoms with Gasteiger partial charge in [-0.2, -0.15) is 0 Å². The average Bonchev–Trinajstić information content (AvgIpc) is 2.66. The van der Waals surface area contributed by atoms with E-state index in [0.29, 0.717) is 21.8 Å². The van der Waals surface area contributed by atoms with Gasteiger partial charge in [0.05, 0.1) is 9.37 Å². The highest BCUT2D eigenvalue weighted by atomic mass is 79.9. The molecule has 0 aliphatic carbocycles. The maximum atomic E-state index is 12.7. The van der Waals surface area contributed by atoms with Gasteiger partial charge in [0, 0.05) is 31.4 Å². The molecule has 1 aliphatic heterocycles. The summed E-state index contributed by atoms with van der Waals surface area (Å²) in [6, 6.07) is 9.97. The molecule has 150 valence electrons. The van der Waals surface area contributed by atoms with Gasteiger partial charge in [-0.3, -0.25) is 4.79 Å². The van der Waals surface area contributed by atoms with Crippen LogP contribution in [0.2, 0.25) is 5.02 Å². The van der Waals surface area contributed by atoms with E-state index in [1.165, 1.54) is 24.5 Å². The second-order valence-corrected chi connectivity index (χ2v) is 10.0. The molecule has 0 radical (unpaired) electrons. The molecule has 0 unspecified atom stereocenters. The first-order chi connectivity index (χ1) is 13.2. The molecule has 0 bridgehead atoms. The van der Waals surface area contributed by atoms with Crippen LogP contribution >= 0.6 is 27.5 Å². The van der Waals surface area contributed by atoms with E-state index in [0.717, 1.165) is 24.1 Å². The van der Waals surface area contributed by atoms with Crippen LogP contribution in [-0.2, 0) is 21.2 Å². The number of carbonyl (C=O) groups excluding carboxylic acids is 1. The zero-order chi connectivity index (χ0) is 20.5. The Kier molecular flexibility index (Phi) is 6.34. The van der Waals surface area contributed by atoms with Crippen LogP contribution in [0.1, 0.15) is 12.0 Å². The lowest BCUT2D eigenvalue weighted by atomic mass is 10.0. The van der Waals surface area contributed by atoms with E-state index in [1.54, 1.807) is 35.2 Å². The van der Waals surface area contributed by atoms with Crippen LogP contribution in [0, 0.1) is 0 Å². The van der Waals surface area contributed by atoms with Crippen molar-refractivity contribution in [3.8, 4) is 5.75 Å². The molecule has 0 fully saturated rings. The van der Waals surface area contributed by atoms with E-state index in [9.17, 15) is 13.2 Å². The van der Waals surface area contributed by atoms with Crippen molar-refractivity contribution in [1.29, 1.82) is 0 Å². The minimum atomic E-state index is -3.51. The average molecular weight is 488 g/mol. The summed E-state index contributed by atoms with van der Waals surface area (Å²) in [6.07, 6.45) is 1.48. The number of ether oxygens (including phenoxy) is 1. The zero-order valence-corrected chi connectivity index (χ0v) is 18.6. The molecule has 1 amide bonds. The SMILES string of the molecule is CN(C)S(=O)(=O)c1ccc2c(c1)CCCN2C(=O)COc1ccc(Cl)cc1Br. The minimum Gasteiger partial charge on any atom is -0.483 e. The third-order valence-corrected chi connectivity index (χ3v) is 7.16. The van der Waals surface area contributed by atoms with Crippen molar-refractivity contribution in [3.05, 3.63) is 51.5 Å². The lowest BCUT2D eigenvalue weighted by Gasteiger charge is -2.30. The Morgan fingerprint density at radius 2 is 2.00 bits per heavy atom. The summed E-state index contributed by atoms with van der Waals surface area (Å²) in [7, 11) is -0.520. The number of halogens is 2. The van der Waals surface area contributed by atoms with Gasteiger partial charge in [0.15, 0.2) is 6.61 Å². The van der Waals surface area contributed by atoms with Crippen LogP contribution in [0.3, 0.4) is 0 Å². The van der Waals surface area contributed by atoms with E-state index in [2.05, 4.69) is 15.9 Å². The smallest absolute Gasteiger partial charge is 0.264 e. The highest BCUT2D eigenvalue weighted by molar-refractivity contribution is 9.10. The van der Waals surface area contributed by atoms with Gasteiger partial charge in [-0.1, -0.05) is 11.6 Å². The Morgan fingerprint density at radius 3 is 2.68 bits per heavy atom. The van der Waals surface area contributed by atoms with E-state index >= 15 is 0 Å². The monoisotopic (exact) mass is 486 g/mol. The Balaban J connectivity index is 1.79. The molecule has 0 N–H and O–H groups in total. The van der Waals surface area contributed by atoms with Gasteiger partial charge in [-0.25, -0.2) is 12.7 Å². The molecule has 0 saturated heterocycles. The largest absolute Gasteiger partial charge is 0.483 e. The van der Waals surface area contributed by atoms with E-state index in [-0.39, 0.29) is 17.4 Å². The van der Waals surface area contributed by atoms with E-state index in [4.69, 9.17) is 16.3 Å². The number of hydrogen-bond acceptors (Lipinski definition) is 4. The maximum absolute atomic E-state index is 12.7. The van der Waals surface area contributed by atoms with E-state index < -0.39 is 10.0 Å². The Morgan fingerprint density at radius 1 is 1.25 bits per heavy atom. The Labute approximate surface area is 178 Å². The molecule has 3 rings (SSSR count). The molecule has 6 nitrogen and oxygen atoms in total. The number of benzene rings is 2. The molecule has 2 aromatic carbocycles. The Bertz CT molecular complexity index is 1010. The number of rotatable bonds is 5. The third kappa shape index (κ3) is 4.35. The second-order valence-electron chi connectivity index (χ2n) is 6.59. The number of sulfonamides is 1. The third-order valence-electron chi connectivity index (χ3n) is 4.49. The van der Waals surface area contributed by atoms with Crippen LogP contribution in [0.25, 0.3) is 0 Å². The minimum absolute atomic E-state index is 0.128. The number of anilines is 1. The fourth-order valence-corrected chi connectivity index (χ4v) is 4.76. The van der Waals surface area contributed by atoms with Crippen LogP contribution < -0.4 is 9.64 Å². The van der Waals surface area contributed by atoms with Crippen molar-refractivity contribution < 1.29 is 17.9 Å². The van der Waals surface area contributed by atoms with Crippen molar-refractivity contribution in [3.63, 3.8) is 0 Å². The summed E-state index contributed by atoms with van der Waals surface area (Å²) in [4.78, 5) is 14.6. The molecular formula is C19H20BrClN2O4S. The van der Waals surface area contributed by atoms with Crippen molar-refractivity contribution in [1.82, 2.24) is 4.31 Å². The van der Waals surface area contributed by atoms with Gasteiger partial charge in [0.2, 0.25) is 10.0 Å². The summed E-state index contributed by atoms with van der Waals surface area (Å²) < 4.78 is 32.2. The highest BCUT2D eigenvalue weighted by Gasteiger charge is 2.26. The first kappa shape index (κ1) is 21.1. The number of carbonyl (C=O) groups is 1. The van der Waals surface area contributed by atoms with Crippen molar-refractivity contribution in [2.45, 2.75) is 17.7 Å². The summed E-state index contributed by atoms with van der Waals surface area (Å²) in [6.45, 7) is 0.439. The van der Waals surface area contributed by atoms with Crippen LogP contribution in [0.4, 0.5) is 5.69 Å². The first-order valence-electron chi connectivity index (χ1n) is 8.64. The summed E-state index contributed by atoms with van der Waals surface area (Å²) in [5.41, 5.74) is 1.57. The van der Waals surface area contributed by atoms with Gasteiger partial charge in [-0.15, -0.1) is 0 Å². The van der Waals surface area contributed by atoms with Gasteiger partial charge in [0.1, 0.15) is 5.75 Å². The lowest BCUT2D eigenvalue weighted by Crippen LogP contribution is -2.38. The van der Waals surface area contributed by atoms with E-state index in [1.807, 2.05) is 0 Å². The molecule has 2 aromatic rings. The summed E-state index contributed by atoms with van der Waals surface area (Å²) >= 11 is 9.28. The molecule has 1 heterocycles. The maximum Gasteiger partial charge on any atom is 0.264 e. The second kappa shape index (κ2) is 8.41. The summed E-state index contributed by atoms with van der Waals surface area (Å²) in [5, 5.41) is 0.569.